The van der Waals surface area contributed by atoms with Gasteiger partial charge in [-0.3, -0.25) is 4.79 Å². The van der Waals surface area contributed by atoms with E-state index in [4.69, 9.17) is 4.74 Å². The van der Waals surface area contributed by atoms with Crippen LogP contribution in [0.15, 0.2) is 48.5 Å². The molecule has 0 aliphatic carbocycles. The van der Waals surface area contributed by atoms with Crippen LogP contribution in [0.3, 0.4) is 0 Å². The molecule has 148 valence electrons. The topological polar surface area (TPSA) is 58.6 Å². The zero-order valence-electron chi connectivity index (χ0n) is 16.8. The Balaban J connectivity index is 1.65. The van der Waals surface area contributed by atoms with Crippen LogP contribution in [0.25, 0.3) is 0 Å². The Hall–Kier alpha value is -2.82. The van der Waals surface area contributed by atoms with Gasteiger partial charge in [0.15, 0.2) is 0 Å². The fourth-order valence-electron chi connectivity index (χ4n) is 3.56. The van der Waals surface area contributed by atoms with Gasteiger partial charge >= 0.3 is 5.97 Å². The van der Waals surface area contributed by atoms with Gasteiger partial charge in [-0.15, -0.1) is 0 Å². The average Bonchev–Trinajstić information content (AvgIpc) is 2.73. The van der Waals surface area contributed by atoms with Crippen LogP contribution < -0.4 is 5.32 Å². The summed E-state index contributed by atoms with van der Waals surface area (Å²) in [5, 5.41) is 3.55. The van der Waals surface area contributed by atoms with E-state index < -0.39 is 5.97 Å². The number of benzene rings is 2. The molecule has 0 radical (unpaired) electrons. The molecule has 1 fully saturated rings. The molecule has 1 unspecified atom stereocenters. The van der Waals surface area contributed by atoms with E-state index in [1.807, 2.05) is 4.90 Å². The van der Waals surface area contributed by atoms with E-state index in [1.165, 1.54) is 12.7 Å². The fraction of sp³-hybridized carbons (Fsp3) is 0.391. The van der Waals surface area contributed by atoms with Crippen LogP contribution in [0.1, 0.15) is 58.9 Å². The summed E-state index contributed by atoms with van der Waals surface area (Å²) in [4.78, 5) is 26.5. The summed E-state index contributed by atoms with van der Waals surface area (Å²) in [6, 6.07) is 15.5. The third-order valence-electron chi connectivity index (χ3n) is 5.19. The number of methoxy groups -OCH3 is 1. The number of hydrogen-bond donors (Lipinski definition) is 1. The number of ether oxygens (including phenoxy) is 1. The molecule has 2 aromatic rings. The molecule has 0 spiro atoms. The molecular formula is C23H28N2O3. The predicted octanol–water partition coefficient (Wildman–Crippen LogP) is 4.31. The summed E-state index contributed by atoms with van der Waals surface area (Å²) in [7, 11) is 1.34. The maximum Gasteiger partial charge on any atom is 0.337 e. The van der Waals surface area contributed by atoms with Gasteiger partial charge in [0, 0.05) is 30.4 Å². The van der Waals surface area contributed by atoms with Gasteiger partial charge in [-0.2, -0.15) is 0 Å². The lowest BCUT2D eigenvalue weighted by atomic mass is 10.0. The summed E-state index contributed by atoms with van der Waals surface area (Å²) >= 11 is 0. The zero-order valence-corrected chi connectivity index (χ0v) is 16.8. The minimum absolute atomic E-state index is 0.0487. The molecule has 3 rings (SSSR count). The van der Waals surface area contributed by atoms with Crippen molar-refractivity contribution >= 4 is 17.6 Å². The summed E-state index contributed by atoms with van der Waals surface area (Å²) in [6.07, 6.45) is 1.97. The molecule has 1 saturated heterocycles. The van der Waals surface area contributed by atoms with Crippen molar-refractivity contribution in [3.63, 3.8) is 0 Å². The number of rotatable bonds is 5. The van der Waals surface area contributed by atoms with Crippen LogP contribution in [0, 0.1) is 0 Å². The first-order chi connectivity index (χ1) is 13.5. The third kappa shape index (κ3) is 4.71. The molecule has 1 N–H and O–H groups in total. The van der Waals surface area contributed by atoms with Gasteiger partial charge in [-0.05, 0) is 54.7 Å². The van der Waals surface area contributed by atoms with E-state index in [9.17, 15) is 9.59 Å². The lowest BCUT2D eigenvalue weighted by Crippen LogP contribution is -2.45. The zero-order chi connectivity index (χ0) is 20.1. The smallest absolute Gasteiger partial charge is 0.337 e. The van der Waals surface area contributed by atoms with Gasteiger partial charge in [-0.25, -0.2) is 4.79 Å². The first-order valence-corrected chi connectivity index (χ1v) is 9.82. The lowest BCUT2D eigenvalue weighted by Gasteiger charge is -2.34. The third-order valence-corrected chi connectivity index (χ3v) is 5.19. The summed E-state index contributed by atoms with van der Waals surface area (Å²) in [5.74, 6) is 0.0303. The number of hydrogen-bond acceptors (Lipinski definition) is 4. The Bertz CT molecular complexity index is 830. The van der Waals surface area contributed by atoms with Crippen LogP contribution in [0.5, 0.6) is 0 Å². The molecular weight excluding hydrogens is 352 g/mol. The first kappa shape index (κ1) is 19.9. The molecule has 2 aromatic carbocycles. The second-order valence-corrected chi connectivity index (χ2v) is 7.58. The van der Waals surface area contributed by atoms with Crippen molar-refractivity contribution in [3.05, 3.63) is 65.2 Å². The fourth-order valence-corrected chi connectivity index (χ4v) is 3.56. The Kier molecular flexibility index (Phi) is 6.34. The Labute approximate surface area is 166 Å². The quantitative estimate of drug-likeness (QED) is 0.785. The van der Waals surface area contributed by atoms with Crippen molar-refractivity contribution in [2.75, 3.05) is 25.5 Å². The number of likely N-dealkylation sites (tertiary alicyclic amines) is 1. The monoisotopic (exact) mass is 380 g/mol. The normalized spacial score (nSPS) is 16.7. The highest BCUT2D eigenvalue weighted by molar-refractivity contribution is 5.98. The highest BCUT2D eigenvalue weighted by atomic mass is 16.5. The number of nitrogens with one attached hydrogen (secondary N) is 1. The van der Waals surface area contributed by atoms with Crippen LogP contribution in [0.4, 0.5) is 5.69 Å². The maximum atomic E-state index is 12.9. The molecule has 0 saturated carbocycles. The minimum Gasteiger partial charge on any atom is -0.465 e. The molecule has 28 heavy (non-hydrogen) atoms. The molecule has 0 aromatic heterocycles. The molecule has 1 heterocycles. The van der Waals surface area contributed by atoms with E-state index >= 15 is 0 Å². The van der Waals surface area contributed by atoms with Crippen molar-refractivity contribution in [1.29, 1.82) is 0 Å². The van der Waals surface area contributed by atoms with Crippen LogP contribution in [0.2, 0.25) is 0 Å². The van der Waals surface area contributed by atoms with Crippen molar-refractivity contribution in [2.24, 2.45) is 0 Å². The van der Waals surface area contributed by atoms with Crippen molar-refractivity contribution in [1.82, 2.24) is 4.90 Å². The lowest BCUT2D eigenvalue weighted by molar-refractivity contribution is 0.0600. The number of nitrogens with zero attached hydrogens (tertiary/aromatic N) is 1. The largest absolute Gasteiger partial charge is 0.465 e. The SMILES string of the molecule is COC(=O)c1cccc(C(=O)N2CCCC(Nc3ccc(C(C)C)cc3)C2)c1. The Morgan fingerprint density at radius 3 is 2.50 bits per heavy atom. The molecule has 1 aliphatic rings. The van der Waals surface area contributed by atoms with Crippen LogP contribution in [-0.4, -0.2) is 43.0 Å². The Morgan fingerprint density at radius 1 is 1.11 bits per heavy atom. The Morgan fingerprint density at radius 2 is 1.82 bits per heavy atom. The summed E-state index contributed by atoms with van der Waals surface area (Å²) in [5.41, 5.74) is 3.31. The number of carbonyl (C=O) groups is 2. The first-order valence-electron chi connectivity index (χ1n) is 9.82. The average molecular weight is 380 g/mol. The maximum absolute atomic E-state index is 12.9. The van der Waals surface area contributed by atoms with Gasteiger partial charge in [0.2, 0.25) is 0 Å². The van der Waals surface area contributed by atoms with Crippen LogP contribution in [-0.2, 0) is 4.74 Å². The standard InChI is InChI=1S/C23H28N2O3/c1-16(2)17-9-11-20(12-10-17)24-21-8-5-13-25(15-21)22(26)18-6-4-7-19(14-18)23(27)28-3/h4,6-7,9-12,14,16,21,24H,5,8,13,15H2,1-3H3. The van der Waals surface area contributed by atoms with E-state index in [2.05, 4.69) is 43.4 Å². The minimum atomic E-state index is -0.433. The number of amides is 1. The van der Waals surface area contributed by atoms with Crippen LogP contribution >= 0.6 is 0 Å². The van der Waals surface area contributed by atoms with Crippen molar-refractivity contribution < 1.29 is 14.3 Å². The summed E-state index contributed by atoms with van der Waals surface area (Å²) in [6.45, 7) is 5.74. The van der Waals surface area contributed by atoms with Crippen molar-refractivity contribution in [3.8, 4) is 0 Å². The molecule has 5 nitrogen and oxygen atoms in total. The number of carbonyl (C=O) groups excluding carboxylic acids is 2. The molecule has 1 atom stereocenters. The molecule has 0 bridgehead atoms. The highest BCUT2D eigenvalue weighted by Gasteiger charge is 2.25. The van der Waals surface area contributed by atoms with Crippen molar-refractivity contribution in [2.45, 2.75) is 38.6 Å². The van der Waals surface area contributed by atoms with Gasteiger partial charge in [-0.1, -0.05) is 32.0 Å². The van der Waals surface area contributed by atoms with Gasteiger partial charge in [0.1, 0.15) is 0 Å². The highest BCUT2D eigenvalue weighted by Crippen LogP contribution is 2.21. The van der Waals surface area contributed by atoms with E-state index in [0.717, 1.165) is 25.1 Å². The molecule has 1 aliphatic heterocycles. The predicted molar refractivity (Wildman–Crippen MR) is 111 cm³/mol. The van der Waals surface area contributed by atoms with E-state index in [-0.39, 0.29) is 11.9 Å². The molecule has 5 heteroatoms. The number of piperidine rings is 1. The van der Waals surface area contributed by atoms with Gasteiger partial charge in [0.05, 0.1) is 12.7 Å². The van der Waals surface area contributed by atoms with Gasteiger partial charge < -0.3 is 15.0 Å². The molecule has 1 amide bonds. The second-order valence-electron chi connectivity index (χ2n) is 7.58. The van der Waals surface area contributed by atoms with Gasteiger partial charge in [0.25, 0.3) is 5.91 Å². The summed E-state index contributed by atoms with van der Waals surface area (Å²) < 4.78 is 4.75. The van der Waals surface area contributed by atoms with E-state index in [0.29, 0.717) is 23.6 Å². The number of esters is 1. The second kappa shape index (κ2) is 8.91. The van der Waals surface area contributed by atoms with E-state index in [1.54, 1.807) is 24.3 Å². The number of anilines is 1.